The minimum atomic E-state index is -0.355. The normalized spacial score (nSPS) is 11.9. The fraction of sp³-hybridized carbons (Fsp3) is 0. The van der Waals surface area contributed by atoms with Crippen LogP contribution in [0.5, 0.6) is 0 Å². The second-order valence-electron chi connectivity index (χ2n) is 13.4. The van der Waals surface area contributed by atoms with Gasteiger partial charge in [-0.1, -0.05) is 157 Å². The smallest absolute Gasteiger partial charge is 0.293 e. The summed E-state index contributed by atoms with van der Waals surface area (Å²) in [6.07, 6.45) is 0. The predicted octanol–water partition coefficient (Wildman–Crippen LogP) is 14.4. The van der Waals surface area contributed by atoms with Crippen molar-refractivity contribution in [3.05, 3.63) is 202 Å². The number of anilines is 7. The van der Waals surface area contributed by atoms with E-state index < -0.39 is 0 Å². The Kier molecular flexibility index (Phi) is 8.98. The summed E-state index contributed by atoms with van der Waals surface area (Å²) in [7, 11) is 0. The molecule has 0 radical (unpaired) electrons. The van der Waals surface area contributed by atoms with Gasteiger partial charge in [-0.05, 0) is 64.7 Å². The Morgan fingerprint density at radius 1 is 0.393 bits per heavy atom. The third kappa shape index (κ3) is 5.84. The van der Waals surface area contributed by atoms with E-state index in [1.807, 2.05) is 95.9 Å². The summed E-state index contributed by atoms with van der Waals surface area (Å²) in [4.78, 5) is 15.6. The molecule has 0 bridgehead atoms. The standard InChI is InChI=1S/C24H15ClN2O2.C24H17ClN2/c25-20-12-7-11-19-17-9-2-1-8-16(17)18-10-3-4-13-21(18)26(24(19)20)22-14-5-6-15-23(22)27(28)29;25-20-12-7-11-19-17-9-2-1-8-16(17)18-10-3-5-14-22(18)27(24(19)20)23-15-6-4-13-21(23)26/h1-15H;1-15H,26H2. The first-order valence-corrected chi connectivity index (χ1v) is 18.8. The van der Waals surface area contributed by atoms with E-state index in [2.05, 4.69) is 71.6 Å². The Bertz CT molecular complexity index is 2820. The topological polar surface area (TPSA) is 75.6 Å². The summed E-state index contributed by atoms with van der Waals surface area (Å²) in [6.45, 7) is 0. The number of hydrogen-bond donors (Lipinski definition) is 1. The minimum Gasteiger partial charge on any atom is -0.397 e. The number of para-hydroxylation sites is 8. The van der Waals surface area contributed by atoms with E-state index in [0.29, 0.717) is 21.4 Å². The molecular weight excluding hydrogens is 735 g/mol. The molecule has 8 heteroatoms. The molecule has 6 nitrogen and oxygen atoms in total. The van der Waals surface area contributed by atoms with Crippen molar-refractivity contribution in [3.63, 3.8) is 0 Å². The average Bonchev–Trinajstić information content (AvgIpc) is 3.44. The number of nitro groups is 1. The molecule has 0 saturated heterocycles. The Morgan fingerprint density at radius 2 is 0.732 bits per heavy atom. The fourth-order valence-corrected chi connectivity index (χ4v) is 8.38. The van der Waals surface area contributed by atoms with Crippen LogP contribution in [0.15, 0.2) is 182 Å². The molecule has 0 fully saturated rings. The van der Waals surface area contributed by atoms with Gasteiger partial charge in [0.05, 0.1) is 49.1 Å². The highest BCUT2D eigenvalue weighted by Crippen LogP contribution is 2.55. The van der Waals surface area contributed by atoms with Crippen LogP contribution in [0.25, 0.3) is 44.5 Å². The lowest BCUT2D eigenvalue weighted by Gasteiger charge is -2.29. The van der Waals surface area contributed by atoms with E-state index in [1.54, 1.807) is 18.2 Å². The molecular formula is C48H32Cl2N4O2. The number of nitrogens with zero attached hydrogens (tertiary/aromatic N) is 3. The zero-order chi connectivity index (χ0) is 38.3. The van der Waals surface area contributed by atoms with Crippen molar-refractivity contribution in [1.82, 2.24) is 0 Å². The van der Waals surface area contributed by atoms with Gasteiger partial charge in [-0.3, -0.25) is 10.1 Å². The van der Waals surface area contributed by atoms with E-state index in [-0.39, 0.29) is 10.6 Å². The van der Waals surface area contributed by atoms with Gasteiger partial charge in [-0.2, -0.15) is 0 Å². The van der Waals surface area contributed by atoms with Gasteiger partial charge < -0.3 is 15.5 Å². The van der Waals surface area contributed by atoms with Gasteiger partial charge in [0, 0.05) is 28.3 Å². The number of hydrogen-bond acceptors (Lipinski definition) is 5. The maximum atomic E-state index is 11.8. The molecule has 0 unspecified atom stereocenters. The molecule has 0 aromatic heterocycles. The first-order chi connectivity index (χ1) is 27.4. The van der Waals surface area contributed by atoms with Crippen molar-refractivity contribution < 1.29 is 4.92 Å². The zero-order valence-corrected chi connectivity index (χ0v) is 31.3. The Labute approximate surface area is 334 Å². The van der Waals surface area contributed by atoms with Crippen LogP contribution < -0.4 is 15.5 Å². The van der Waals surface area contributed by atoms with Gasteiger partial charge in [-0.25, -0.2) is 0 Å². The summed E-state index contributed by atoms with van der Waals surface area (Å²) in [6, 6.07) is 59.4. The Morgan fingerprint density at radius 3 is 1.20 bits per heavy atom. The van der Waals surface area contributed by atoms with Crippen LogP contribution in [-0.4, -0.2) is 4.92 Å². The second-order valence-corrected chi connectivity index (χ2v) is 14.2. The Balaban J connectivity index is 0.000000147. The summed E-state index contributed by atoms with van der Waals surface area (Å²) < 4.78 is 0. The minimum absolute atomic E-state index is 0.0270. The molecule has 0 saturated carbocycles. The molecule has 2 aliphatic heterocycles. The van der Waals surface area contributed by atoms with Crippen molar-refractivity contribution in [2.24, 2.45) is 0 Å². The van der Waals surface area contributed by atoms with Crippen LogP contribution in [0.2, 0.25) is 10.0 Å². The van der Waals surface area contributed by atoms with Gasteiger partial charge in [-0.15, -0.1) is 0 Å². The molecule has 270 valence electrons. The number of halogens is 2. The van der Waals surface area contributed by atoms with Gasteiger partial charge in [0.1, 0.15) is 5.69 Å². The van der Waals surface area contributed by atoms with Crippen LogP contribution in [0, 0.1) is 10.1 Å². The van der Waals surface area contributed by atoms with E-state index in [9.17, 15) is 10.1 Å². The van der Waals surface area contributed by atoms with Crippen molar-refractivity contribution in [1.29, 1.82) is 0 Å². The van der Waals surface area contributed by atoms with Gasteiger partial charge in [0.25, 0.3) is 5.69 Å². The first kappa shape index (κ1) is 34.9. The van der Waals surface area contributed by atoms with E-state index in [0.717, 1.165) is 61.8 Å². The quantitative estimate of drug-likeness (QED) is 0.110. The van der Waals surface area contributed by atoms with Crippen LogP contribution in [0.1, 0.15) is 0 Å². The van der Waals surface area contributed by atoms with E-state index in [1.165, 1.54) is 17.2 Å². The molecule has 10 rings (SSSR count). The van der Waals surface area contributed by atoms with E-state index >= 15 is 0 Å². The third-order valence-corrected chi connectivity index (χ3v) is 10.8. The maximum Gasteiger partial charge on any atom is 0.293 e. The maximum absolute atomic E-state index is 11.8. The summed E-state index contributed by atoms with van der Waals surface area (Å²) >= 11 is 13.5. The van der Waals surface area contributed by atoms with Gasteiger partial charge in [0.15, 0.2) is 0 Å². The van der Waals surface area contributed by atoms with Crippen molar-refractivity contribution >= 4 is 68.7 Å². The van der Waals surface area contributed by atoms with Crippen molar-refractivity contribution in [2.45, 2.75) is 0 Å². The third-order valence-electron chi connectivity index (χ3n) is 10.2. The number of nitrogen functional groups attached to an aromatic ring is 1. The molecule has 2 aliphatic rings. The number of rotatable bonds is 3. The van der Waals surface area contributed by atoms with Crippen LogP contribution in [0.4, 0.5) is 45.5 Å². The van der Waals surface area contributed by atoms with Gasteiger partial charge in [0.2, 0.25) is 0 Å². The monoisotopic (exact) mass is 766 g/mol. The first-order valence-electron chi connectivity index (χ1n) is 18.0. The van der Waals surface area contributed by atoms with Crippen molar-refractivity contribution in [2.75, 3.05) is 15.5 Å². The second kappa shape index (κ2) is 14.4. The molecule has 0 atom stereocenters. The lowest BCUT2D eigenvalue weighted by molar-refractivity contribution is -0.384. The highest BCUT2D eigenvalue weighted by Gasteiger charge is 2.31. The average molecular weight is 768 g/mol. The van der Waals surface area contributed by atoms with Crippen LogP contribution >= 0.6 is 23.2 Å². The highest BCUT2D eigenvalue weighted by molar-refractivity contribution is 6.35. The summed E-state index contributed by atoms with van der Waals surface area (Å²) in [5.41, 5.74) is 20.8. The number of nitrogens with two attached hydrogens (primary N) is 1. The lowest BCUT2D eigenvalue weighted by atomic mass is 9.95. The van der Waals surface area contributed by atoms with Crippen molar-refractivity contribution in [3.8, 4) is 44.5 Å². The summed E-state index contributed by atoms with van der Waals surface area (Å²) in [5.74, 6) is 0. The molecule has 2 heterocycles. The molecule has 2 N–H and O–H groups in total. The van der Waals surface area contributed by atoms with Crippen LogP contribution in [0.3, 0.4) is 0 Å². The van der Waals surface area contributed by atoms with Gasteiger partial charge >= 0.3 is 0 Å². The predicted molar refractivity (Wildman–Crippen MR) is 232 cm³/mol. The number of benzene rings is 8. The Hall–Kier alpha value is -6.86. The molecule has 0 spiro atoms. The zero-order valence-electron chi connectivity index (χ0n) is 29.8. The summed E-state index contributed by atoms with van der Waals surface area (Å²) in [5, 5.41) is 13.1. The molecule has 0 amide bonds. The number of nitro benzene ring substituents is 1. The SMILES string of the molecule is Nc1ccccc1N1c2ccccc2-c2ccccc2-c2cccc(Cl)c21.O=[N+]([O-])c1ccccc1N1c2ccccc2-c2ccccc2-c2cccc(Cl)c21. The fourth-order valence-electron chi connectivity index (χ4n) is 7.86. The largest absolute Gasteiger partial charge is 0.397 e. The van der Waals surface area contributed by atoms with Crippen LogP contribution in [-0.2, 0) is 0 Å². The molecule has 0 aliphatic carbocycles. The highest BCUT2D eigenvalue weighted by atomic mass is 35.5. The molecule has 56 heavy (non-hydrogen) atoms. The van der Waals surface area contributed by atoms with E-state index in [4.69, 9.17) is 28.9 Å². The lowest BCUT2D eigenvalue weighted by Crippen LogP contribution is -2.13. The molecule has 8 aromatic carbocycles. The molecule has 8 aromatic rings. The number of fused-ring (bicyclic) bond motifs is 10.